The molecule has 5 rings (SSSR count). The van der Waals surface area contributed by atoms with Crippen molar-refractivity contribution in [3.8, 4) is 17.2 Å². The van der Waals surface area contributed by atoms with E-state index in [-0.39, 0.29) is 18.9 Å². The van der Waals surface area contributed by atoms with Gasteiger partial charge >= 0.3 is 0 Å². The number of anilines is 1. The number of rotatable bonds is 5. The van der Waals surface area contributed by atoms with Crippen molar-refractivity contribution >= 4 is 11.6 Å². The summed E-state index contributed by atoms with van der Waals surface area (Å²) in [6, 6.07) is 21.2. The molecule has 6 heteroatoms. The highest BCUT2D eigenvalue weighted by Gasteiger charge is 2.37. The first-order valence-electron chi connectivity index (χ1n) is 9.42. The number of carbonyl (C=O) groups is 1. The molecule has 0 aliphatic carbocycles. The third kappa shape index (κ3) is 3.02. The zero-order valence-electron chi connectivity index (χ0n) is 15.9. The molecule has 0 saturated heterocycles. The monoisotopic (exact) mass is 388 g/mol. The molecule has 0 bridgehead atoms. The molecule has 2 aliphatic heterocycles. The summed E-state index contributed by atoms with van der Waals surface area (Å²) in [5, 5.41) is 3.49. The largest absolute Gasteiger partial charge is 0.495 e. The number of amides is 1. The fourth-order valence-corrected chi connectivity index (χ4v) is 3.84. The molecule has 0 saturated carbocycles. The molecular weight excluding hydrogens is 368 g/mol. The van der Waals surface area contributed by atoms with E-state index in [1.165, 1.54) is 0 Å². The molecule has 2 heterocycles. The van der Waals surface area contributed by atoms with Crippen LogP contribution < -0.4 is 19.5 Å². The van der Waals surface area contributed by atoms with Gasteiger partial charge in [-0.05, 0) is 35.9 Å². The molecule has 1 N–H and O–H groups in total. The maximum atomic E-state index is 13.2. The SMILES string of the molecule is COc1ccccc1N[C@H]1c2ccccc2C(=O)N1Cc1ccc2c(c1)OCO2. The third-order valence-corrected chi connectivity index (χ3v) is 5.25. The minimum absolute atomic E-state index is 0.00864. The van der Waals surface area contributed by atoms with Crippen LogP contribution in [0.15, 0.2) is 66.7 Å². The van der Waals surface area contributed by atoms with Crippen LogP contribution in [0.2, 0.25) is 0 Å². The summed E-state index contributed by atoms with van der Waals surface area (Å²) in [6.45, 7) is 0.668. The fraction of sp³-hybridized carbons (Fsp3) is 0.174. The van der Waals surface area contributed by atoms with Gasteiger partial charge in [-0.25, -0.2) is 0 Å². The third-order valence-electron chi connectivity index (χ3n) is 5.25. The summed E-state index contributed by atoms with van der Waals surface area (Å²) in [5.41, 5.74) is 3.47. The van der Waals surface area contributed by atoms with E-state index in [9.17, 15) is 4.79 Å². The Morgan fingerprint density at radius 3 is 2.72 bits per heavy atom. The van der Waals surface area contributed by atoms with Crippen LogP contribution in [0.4, 0.5) is 5.69 Å². The average Bonchev–Trinajstić information content (AvgIpc) is 3.33. The predicted octanol–water partition coefficient (Wildman–Crippen LogP) is 4.19. The van der Waals surface area contributed by atoms with Crippen LogP contribution in [0.3, 0.4) is 0 Å². The smallest absolute Gasteiger partial charge is 0.256 e. The van der Waals surface area contributed by atoms with Crippen LogP contribution in [0.5, 0.6) is 17.2 Å². The molecule has 0 unspecified atom stereocenters. The van der Waals surface area contributed by atoms with Crippen molar-refractivity contribution in [2.24, 2.45) is 0 Å². The topological polar surface area (TPSA) is 60.0 Å². The number of hydrogen-bond acceptors (Lipinski definition) is 5. The van der Waals surface area contributed by atoms with Gasteiger partial charge in [0.2, 0.25) is 6.79 Å². The molecule has 0 aromatic heterocycles. The molecule has 1 amide bonds. The Bertz CT molecular complexity index is 1080. The van der Waals surface area contributed by atoms with Gasteiger partial charge in [-0.3, -0.25) is 4.79 Å². The normalized spacial score (nSPS) is 16.7. The van der Waals surface area contributed by atoms with E-state index in [0.29, 0.717) is 17.9 Å². The molecule has 1 atom stereocenters. The van der Waals surface area contributed by atoms with E-state index in [2.05, 4.69) is 5.32 Å². The number of benzene rings is 3. The van der Waals surface area contributed by atoms with Gasteiger partial charge in [0.1, 0.15) is 11.9 Å². The van der Waals surface area contributed by atoms with Gasteiger partial charge in [0.15, 0.2) is 11.5 Å². The number of para-hydroxylation sites is 2. The van der Waals surface area contributed by atoms with Crippen LogP contribution in [-0.4, -0.2) is 24.7 Å². The van der Waals surface area contributed by atoms with Gasteiger partial charge in [-0.1, -0.05) is 36.4 Å². The summed E-state index contributed by atoms with van der Waals surface area (Å²) in [5.74, 6) is 2.16. The summed E-state index contributed by atoms with van der Waals surface area (Å²) < 4.78 is 16.4. The summed E-state index contributed by atoms with van der Waals surface area (Å²) in [4.78, 5) is 15.0. The predicted molar refractivity (Wildman–Crippen MR) is 108 cm³/mol. The number of hydrogen-bond donors (Lipinski definition) is 1. The molecule has 0 spiro atoms. The number of fused-ring (bicyclic) bond motifs is 2. The first-order chi connectivity index (χ1) is 14.2. The number of methoxy groups -OCH3 is 1. The van der Waals surface area contributed by atoms with Crippen LogP contribution in [-0.2, 0) is 6.54 Å². The Morgan fingerprint density at radius 2 is 1.83 bits per heavy atom. The number of nitrogens with one attached hydrogen (secondary N) is 1. The Hall–Kier alpha value is -3.67. The van der Waals surface area contributed by atoms with Gasteiger partial charge in [0, 0.05) is 17.7 Å². The lowest BCUT2D eigenvalue weighted by molar-refractivity contribution is 0.0728. The van der Waals surface area contributed by atoms with Crippen LogP contribution in [0.1, 0.15) is 27.7 Å². The van der Waals surface area contributed by atoms with Crippen molar-refractivity contribution < 1.29 is 19.0 Å². The van der Waals surface area contributed by atoms with Crippen molar-refractivity contribution in [1.29, 1.82) is 0 Å². The Kier molecular flexibility index (Phi) is 4.24. The number of nitrogens with zero attached hydrogens (tertiary/aromatic N) is 1. The highest BCUT2D eigenvalue weighted by molar-refractivity contribution is 5.99. The first kappa shape index (κ1) is 17.4. The number of ether oxygens (including phenoxy) is 3. The fourth-order valence-electron chi connectivity index (χ4n) is 3.84. The van der Waals surface area contributed by atoms with Crippen LogP contribution >= 0.6 is 0 Å². The van der Waals surface area contributed by atoms with Gasteiger partial charge in [0.05, 0.1) is 12.8 Å². The summed E-state index contributed by atoms with van der Waals surface area (Å²) in [6.07, 6.45) is -0.305. The van der Waals surface area contributed by atoms with Crippen molar-refractivity contribution in [3.63, 3.8) is 0 Å². The van der Waals surface area contributed by atoms with E-state index >= 15 is 0 Å². The molecule has 146 valence electrons. The quantitative estimate of drug-likeness (QED) is 0.710. The van der Waals surface area contributed by atoms with Crippen molar-refractivity contribution in [2.75, 3.05) is 19.2 Å². The average molecular weight is 388 g/mol. The van der Waals surface area contributed by atoms with Gasteiger partial charge in [-0.2, -0.15) is 0 Å². The second kappa shape index (κ2) is 7.05. The number of carbonyl (C=O) groups excluding carboxylic acids is 1. The van der Waals surface area contributed by atoms with E-state index < -0.39 is 0 Å². The molecule has 0 fully saturated rings. The Balaban J connectivity index is 1.50. The van der Waals surface area contributed by atoms with Crippen molar-refractivity contribution in [2.45, 2.75) is 12.7 Å². The Morgan fingerprint density at radius 1 is 1.03 bits per heavy atom. The van der Waals surface area contributed by atoms with E-state index in [1.54, 1.807) is 7.11 Å². The summed E-state index contributed by atoms with van der Waals surface area (Å²) in [7, 11) is 1.64. The highest BCUT2D eigenvalue weighted by atomic mass is 16.7. The lowest BCUT2D eigenvalue weighted by atomic mass is 10.1. The Labute approximate surface area is 168 Å². The van der Waals surface area contributed by atoms with Crippen molar-refractivity contribution in [1.82, 2.24) is 4.90 Å². The summed E-state index contributed by atoms with van der Waals surface area (Å²) >= 11 is 0. The van der Waals surface area contributed by atoms with E-state index in [4.69, 9.17) is 14.2 Å². The van der Waals surface area contributed by atoms with Gasteiger partial charge in [0.25, 0.3) is 5.91 Å². The molecular formula is C23H20N2O4. The first-order valence-corrected chi connectivity index (χ1v) is 9.42. The van der Waals surface area contributed by atoms with E-state index in [1.807, 2.05) is 71.6 Å². The van der Waals surface area contributed by atoms with Gasteiger partial charge < -0.3 is 24.4 Å². The van der Waals surface area contributed by atoms with Crippen LogP contribution in [0, 0.1) is 0 Å². The standard InChI is InChI=1S/C23H20N2O4/c1-27-19-9-5-4-8-18(19)24-22-16-6-2-3-7-17(16)23(26)25(22)13-15-10-11-20-21(12-15)29-14-28-20/h2-12,22,24H,13-14H2,1H3/t22-/m1/s1. The molecule has 0 radical (unpaired) electrons. The second-order valence-electron chi connectivity index (χ2n) is 6.96. The molecule has 2 aliphatic rings. The van der Waals surface area contributed by atoms with E-state index in [0.717, 1.165) is 28.3 Å². The maximum absolute atomic E-state index is 13.2. The zero-order valence-corrected chi connectivity index (χ0v) is 15.9. The van der Waals surface area contributed by atoms with Crippen LogP contribution in [0.25, 0.3) is 0 Å². The molecule has 3 aromatic rings. The zero-order chi connectivity index (χ0) is 19.8. The minimum atomic E-state index is -0.305. The minimum Gasteiger partial charge on any atom is -0.495 e. The second-order valence-corrected chi connectivity index (χ2v) is 6.96. The lowest BCUT2D eigenvalue weighted by Gasteiger charge is -2.28. The van der Waals surface area contributed by atoms with Crippen molar-refractivity contribution in [3.05, 3.63) is 83.4 Å². The highest BCUT2D eigenvalue weighted by Crippen LogP contribution is 2.39. The molecule has 29 heavy (non-hydrogen) atoms. The maximum Gasteiger partial charge on any atom is 0.256 e. The molecule has 6 nitrogen and oxygen atoms in total. The lowest BCUT2D eigenvalue weighted by Crippen LogP contribution is -2.32. The van der Waals surface area contributed by atoms with Gasteiger partial charge in [-0.15, -0.1) is 0 Å². The molecule has 3 aromatic carbocycles.